The lowest BCUT2D eigenvalue weighted by atomic mass is 10.2. The van der Waals surface area contributed by atoms with E-state index in [-0.39, 0.29) is 22.0 Å². The highest BCUT2D eigenvalue weighted by atomic mass is 32.2. The second-order valence-electron chi connectivity index (χ2n) is 8.13. The number of rotatable bonds is 8. The fraction of sp³-hybridized carbons (Fsp3) is 0.120. The van der Waals surface area contributed by atoms with E-state index in [0.717, 1.165) is 5.56 Å². The molecule has 0 bridgehead atoms. The topological polar surface area (TPSA) is 120 Å². The van der Waals surface area contributed by atoms with Crippen molar-refractivity contribution in [1.82, 2.24) is 19.3 Å². The molecular formula is C25H23N5O5S. The van der Waals surface area contributed by atoms with E-state index in [1.807, 2.05) is 36.4 Å². The first-order valence-electron chi connectivity index (χ1n) is 11.0. The molecular weight excluding hydrogens is 482 g/mol. The van der Waals surface area contributed by atoms with Crippen LogP contribution in [0.25, 0.3) is 11.0 Å². The lowest BCUT2D eigenvalue weighted by Crippen LogP contribution is -2.19. The maximum atomic E-state index is 12.9. The smallest absolute Gasteiger partial charge is 0.328 e. The zero-order valence-electron chi connectivity index (χ0n) is 19.5. The molecule has 0 spiro atoms. The number of aromatic nitrogens is 4. The van der Waals surface area contributed by atoms with E-state index in [4.69, 9.17) is 9.47 Å². The molecule has 0 fully saturated rings. The molecule has 3 aromatic carbocycles. The van der Waals surface area contributed by atoms with Crippen LogP contribution >= 0.6 is 0 Å². The Morgan fingerprint density at radius 2 is 1.67 bits per heavy atom. The van der Waals surface area contributed by atoms with E-state index < -0.39 is 10.0 Å². The normalized spacial score (nSPS) is 11.5. The van der Waals surface area contributed by atoms with Crippen LogP contribution < -0.4 is 19.9 Å². The van der Waals surface area contributed by atoms with E-state index >= 15 is 0 Å². The molecule has 0 radical (unpaired) electrons. The van der Waals surface area contributed by atoms with Crippen molar-refractivity contribution in [2.45, 2.75) is 11.5 Å². The van der Waals surface area contributed by atoms with Crippen LogP contribution in [0.5, 0.6) is 17.2 Å². The van der Waals surface area contributed by atoms with Gasteiger partial charge in [-0.1, -0.05) is 36.4 Å². The SMILES string of the molecule is Cn1c(=O)n(C)c2cc(Oc3cccc(OCc4ccccc4)c3)c(NS(=O)(=O)c3cn[nH]c3)cc21. The molecule has 5 rings (SSSR count). The number of fused-ring (bicyclic) bond motifs is 1. The van der Waals surface area contributed by atoms with E-state index in [1.54, 1.807) is 44.4 Å². The molecule has 184 valence electrons. The summed E-state index contributed by atoms with van der Waals surface area (Å²) in [6.07, 6.45) is 2.47. The summed E-state index contributed by atoms with van der Waals surface area (Å²) in [5.41, 5.74) is 2.07. The number of hydrogen-bond donors (Lipinski definition) is 2. The highest BCUT2D eigenvalue weighted by Crippen LogP contribution is 2.36. The number of sulfonamides is 1. The Kier molecular flexibility index (Phi) is 5.98. The van der Waals surface area contributed by atoms with E-state index in [9.17, 15) is 13.2 Å². The number of benzene rings is 3. The second-order valence-corrected chi connectivity index (χ2v) is 9.81. The average molecular weight is 506 g/mol. The molecule has 0 aliphatic heterocycles. The minimum Gasteiger partial charge on any atom is -0.489 e. The Bertz CT molecular complexity index is 1690. The number of aryl methyl sites for hydroxylation is 2. The van der Waals surface area contributed by atoms with Gasteiger partial charge in [0.2, 0.25) is 0 Å². The molecule has 0 aliphatic carbocycles. The van der Waals surface area contributed by atoms with Crippen molar-refractivity contribution in [3.05, 3.63) is 95.2 Å². The number of nitrogens with zero attached hydrogens (tertiary/aromatic N) is 3. The monoisotopic (exact) mass is 505 g/mol. The Balaban J connectivity index is 1.50. The average Bonchev–Trinajstić information content (AvgIpc) is 3.50. The van der Waals surface area contributed by atoms with Crippen molar-refractivity contribution < 1.29 is 17.9 Å². The third-order valence-corrected chi connectivity index (χ3v) is 7.02. The Morgan fingerprint density at radius 1 is 0.944 bits per heavy atom. The molecule has 36 heavy (non-hydrogen) atoms. The maximum Gasteiger partial charge on any atom is 0.328 e. The number of hydrogen-bond acceptors (Lipinski definition) is 6. The third-order valence-electron chi connectivity index (χ3n) is 5.68. The van der Waals surface area contributed by atoms with Gasteiger partial charge >= 0.3 is 5.69 Å². The van der Waals surface area contributed by atoms with Gasteiger partial charge in [-0.3, -0.25) is 19.0 Å². The first kappa shape index (κ1) is 23.2. The van der Waals surface area contributed by atoms with Crippen LogP contribution in [0.2, 0.25) is 0 Å². The summed E-state index contributed by atoms with van der Waals surface area (Å²) < 4.78 is 43.3. The zero-order valence-corrected chi connectivity index (χ0v) is 20.3. The van der Waals surface area contributed by atoms with Crippen LogP contribution in [-0.2, 0) is 30.7 Å². The standard InChI is InChI=1S/C25H23N5O5S/c1-29-22-12-21(28-36(32,33)20-14-26-27-15-20)24(13-23(22)30(2)25(29)31)35-19-10-6-9-18(11-19)34-16-17-7-4-3-5-8-17/h3-15,28H,16H2,1-2H3,(H,26,27). The molecule has 11 heteroatoms. The van der Waals surface area contributed by atoms with Crippen LogP contribution in [0, 0.1) is 0 Å². The van der Waals surface area contributed by atoms with Crippen molar-refractivity contribution in [3.63, 3.8) is 0 Å². The fourth-order valence-electron chi connectivity index (χ4n) is 3.78. The predicted molar refractivity (Wildman–Crippen MR) is 135 cm³/mol. The van der Waals surface area contributed by atoms with Gasteiger partial charge < -0.3 is 9.47 Å². The third kappa shape index (κ3) is 4.56. The van der Waals surface area contributed by atoms with Crippen LogP contribution in [0.4, 0.5) is 5.69 Å². The van der Waals surface area contributed by atoms with Gasteiger partial charge in [0.25, 0.3) is 10.0 Å². The number of nitrogens with one attached hydrogen (secondary N) is 2. The van der Waals surface area contributed by atoms with Gasteiger partial charge in [0, 0.05) is 32.4 Å². The minimum atomic E-state index is -3.96. The number of imidazole rings is 1. The van der Waals surface area contributed by atoms with E-state index in [2.05, 4.69) is 14.9 Å². The largest absolute Gasteiger partial charge is 0.489 e. The summed E-state index contributed by atoms with van der Waals surface area (Å²) in [6.45, 7) is 0.387. The van der Waals surface area contributed by atoms with Crippen molar-refractivity contribution in [2.24, 2.45) is 14.1 Å². The van der Waals surface area contributed by atoms with Gasteiger partial charge in [-0.15, -0.1) is 0 Å². The summed E-state index contributed by atoms with van der Waals surface area (Å²) >= 11 is 0. The number of ether oxygens (including phenoxy) is 2. The predicted octanol–water partition coefficient (Wildman–Crippen LogP) is 3.77. The quantitative estimate of drug-likeness (QED) is 0.331. The number of aromatic amines is 1. The number of anilines is 1. The zero-order chi connectivity index (χ0) is 25.3. The highest BCUT2D eigenvalue weighted by Gasteiger charge is 2.21. The first-order chi connectivity index (χ1) is 17.3. The molecule has 0 unspecified atom stereocenters. The van der Waals surface area contributed by atoms with Gasteiger partial charge in [0.1, 0.15) is 23.0 Å². The molecule has 2 N–H and O–H groups in total. The van der Waals surface area contributed by atoms with E-state index in [0.29, 0.717) is 29.1 Å². The second kappa shape index (κ2) is 9.27. The summed E-state index contributed by atoms with van der Waals surface area (Å²) in [6, 6.07) is 20.0. The summed E-state index contributed by atoms with van der Waals surface area (Å²) in [5, 5.41) is 6.20. The lowest BCUT2D eigenvalue weighted by molar-refractivity contribution is 0.304. The molecule has 0 aliphatic rings. The van der Waals surface area contributed by atoms with Gasteiger partial charge in [-0.2, -0.15) is 5.10 Å². The molecule has 0 saturated carbocycles. The summed E-state index contributed by atoms with van der Waals surface area (Å²) in [7, 11) is -0.701. The van der Waals surface area contributed by atoms with Crippen LogP contribution in [0.1, 0.15) is 5.56 Å². The van der Waals surface area contributed by atoms with Crippen molar-refractivity contribution in [2.75, 3.05) is 4.72 Å². The van der Waals surface area contributed by atoms with Gasteiger partial charge in [-0.05, 0) is 23.8 Å². The highest BCUT2D eigenvalue weighted by molar-refractivity contribution is 7.92. The van der Waals surface area contributed by atoms with Crippen molar-refractivity contribution in [3.8, 4) is 17.2 Å². The fourth-order valence-corrected chi connectivity index (χ4v) is 4.74. The molecule has 10 nitrogen and oxygen atoms in total. The van der Waals surface area contributed by atoms with Gasteiger partial charge in [0.05, 0.1) is 22.9 Å². The first-order valence-corrected chi connectivity index (χ1v) is 12.5. The molecule has 0 amide bonds. The Morgan fingerprint density at radius 3 is 2.39 bits per heavy atom. The molecule has 0 saturated heterocycles. The minimum absolute atomic E-state index is 0.0354. The molecule has 2 heterocycles. The Hall–Kier alpha value is -4.51. The van der Waals surface area contributed by atoms with Gasteiger partial charge in [0.15, 0.2) is 5.75 Å². The summed E-state index contributed by atoms with van der Waals surface area (Å²) in [5.74, 6) is 1.24. The van der Waals surface area contributed by atoms with Crippen LogP contribution in [0.3, 0.4) is 0 Å². The van der Waals surface area contributed by atoms with Crippen LogP contribution in [0.15, 0.2) is 88.8 Å². The molecule has 2 aromatic heterocycles. The maximum absolute atomic E-state index is 12.9. The number of H-pyrrole nitrogens is 1. The lowest BCUT2D eigenvalue weighted by Gasteiger charge is -2.15. The Labute approximate surface area is 206 Å². The molecule has 5 aromatic rings. The van der Waals surface area contributed by atoms with E-state index in [1.165, 1.54) is 21.5 Å². The van der Waals surface area contributed by atoms with Crippen LogP contribution in [-0.4, -0.2) is 27.7 Å². The summed E-state index contributed by atoms with van der Waals surface area (Å²) in [4.78, 5) is 12.5. The van der Waals surface area contributed by atoms with Crippen molar-refractivity contribution >= 4 is 26.7 Å². The van der Waals surface area contributed by atoms with Crippen molar-refractivity contribution in [1.29, 1.82) is 0 Å². The molecule has 0 atom stereocenters. The van der Waals surface area contributed by atoms with Gasteiger partial charge in [-0.25, -0.2) is 13.2 Å².